The van der Waals surface area contributed by atoms with E-state index in [4.69, 9.17) is 9.47 Å². The lowest BCUT2D eigenvalue weighted by atomic mass is 10.2. The largest absolute Gasteiger partial charge is 0.494 e. The predicted octanol–water partition coefficient (Wildman–Crippen LogP) is 4.07. The molecule has 0 bridgehead atoms. The van der Waals surface area contributed by atoms with Gasteiger partial charge in [-0.25, -0.2) is 0 Å². The first-order chi connectivity index (χ1) is 15.1. The minimum atomic E-state index is -0.183. The molecule has 0 aliphatic carbocycles. The molecule has 31 heavy (non-hydrogen) atoms. The molecule has 0 aromatic heterocycles. The van der Waals surface area contributed by atoms with Crippen LogP contribution in [0.25, 0.3) is 0 Å². The summed E-state index contributed by atoms with van der Waals surface area (Å²) in [5, 5.41) is 8.66. The molecule has 0 saturated carbocycles. The molecule has 168 valence electrons. The molecule has 0 fully saturated rings. The minimum Gasteiger partial charge on any atom is -0.494 e. The Morgan fingerprint density at radius 1 is 0.935 bits per heavy atom. The Kier molecular flexibility index (Phi) is 11.0. The van der Waals surface area contributed by atoms with E-state index in [1.807, 2.05) is 30.3 Å². The quantitative estimate of drug-likeness (QED) is 0.396. The first-order valence-electron chi connectivity index (χ1n) is 10.8. The molecule has 2 aromatic carbocycles. The van der Waals surface area contributed by atoms with Gasteiger partial charge in [0.25, 0.3) is 5.91 Å². The Hall–Kier alpha value is -3.06. The van der Waals surface area contributed by atoms with Crippen molar-refractivity contribution in [3.05, 3.63) is 54.1 Å². The molecule has 0 atom stereocenters. The monoisotopic (exact) mass is 427 g/mol. The second kappa shape index (κ2) is 14.0. The minimum absolute atomic E-state index is 0.0877. The van der Waals surface area contributed by atoms with Gasteiger partial charge in [0.2, 0.25) is 5.91 Å². The summed E-state index contributed by atoms with van der Waals surface area (Å²) in [7, 11) is 1.58. The Bertz CT molecular complexity index is 809. The SMILES string of the molecule is CCCCCCOc1ccc(NC(=O)CNc2cccc(C(=O)NCCOC)c2)cc1. The van der Waals surface area contributed by atoms with Crippen LogP contribution in [-0.4, -0.2) is 45.2 Å². The molecule has 2 rings (SSSR count). The van der Waals surface area contributed by atoms with Gasteiger partial charge in [0.15, 0.2) is 0 Å². The van der Waals surface area contributed by atoms with Crippen LogP contribution in [0.15, 0.2) is 48.5 Å². The predicted molar refractivity (Wildman–Crippen MR) is 124 cm³/mol. The average Bonchev–Trinajstić information content (AvgIpc) is 2.79. The Balaban J connectivity index is 1.75. The summed E-state index contributed by atoms with van der Waals surface area (Å²) in [6.07, 6.45) is 4.67. The van der Waals surface area contributed by atoms with Crippen LogP contribution < -0.4 is 20.7 Å². The highest BCUT2D eigenvalue weighted by Crippen LogP contribution is 2.16. The van der Waals surface area contributed by atoms with Gasteiger partial charge in [0.05, 0.1) is 19.8 Å². The maximum absolute atomic E-state index is 12.2. The third-order valence-corrected chi connectivity index (χ3v) is 4.57. The molecule has 0 spiro atoms. The molecule has 0 aliphatic heterocycles. The molecule has 0 heterocycles. The van der Waals surface area contributed by atoms with Crippen molar-refractivity contribution < 1.29 is 19.1 Å². The summed E-state index contributed by atoms with van der Waals surface area (Å²) in [6, 6.07) is 14.4. The van der Waals surface area contributed by atoms with Crippen LogP contribution in [-0.2, 0) is 9.53 Å². The normalized spacial score (nSPS) is 10.4. The Morgan fingerprint density at radius 3 is 2.48 bits per heavy atom. The smallest absolute Gasteiger partial charge is 0.251 e. The highest BCUT2D eigenvalue weighted by atomic mass is 16.5. The van der Waals surface area contributed by atoms with E-state index < -0.39 is 0 Å². The average molecular weight is 428 g/mol. The molecule has 0 saturated heterocycles. The van der Waals surface area contributed by atoms with Gasteiger partial charge in [0.1, 0.15) is 5.75 Å². The van der Waals surface area contributed by atoms with Gasteiger partial charge in [-0.1, -0.05) is 32.3 Å². The molecular formula is C24H33N3O4. The molecule has 7 heteroatoms. The molecule has 0 radical (unpaired) electrons. The van der Waals surface area contributed by atoms with Crippen molar-refractivity contribution in [1.29, 1.82) is 0 Å². The lowest BCUT2D eigenvalue weighted by Gasteiger charge is -2.10. The Labute approximate surface area is 184 Å². The van der Waals surface area contributed by atoms with Gasteiger partial charge < -0.3 is 25.4 Å². The second-order valence-corrected chi connectivity index (χ2v) is 7.16. The van der Waals surface area contributed by atoms with Crippen LogP contribution in [0.5, 0.6) is 5.75 Å². The number of hydrogen-bond donors (Lipinski definition) is 3. The molecule has 2 aromatic rings. The zero-order chi connectivity index (χ0) is 22.3. The van der Waals surface area contributed by atoms with E-state index in [2.05, 4.69) is 22.9 Å². The highest BCUT2D eigenvalue weighted by molar-refractivity contribution is 5.96. The van der Waals surface area contributed by atoms with Crippen LogP contribution in [0.3, 0.4) is 0 Å². The number of unbranched alkanes of at least 4 members (excludes halogenated alkanes) is 3. The van der Waals surface area contributed by atoms with Crippen molar-refractivity contribution in [1.82, 2.24) is 5.32 Å². The third kappa shape index (κ3) is 9.53. The fraction of sp³-hybridized carbons (Fsp3) is 0.417. The molecule has 0 unspecified atom stereocenters. The number of anilines is 2. The summed E-state index contributed by atoms with van der Waals surface area (Å²) < 4.78 is 10.6. The standard InChI is InChI=1S/C24H33N3O4/c1-3-4-5-6-15-31-22-12-10-20(11-13-22)27-23(28)18-26-21-9-7-8-19(17-21)24(29)25-14-16-30-2/h7-13,17,26H,3-6,14-16,18H2,1-2H3,(H,25,29)(H,27,28). The maximum atomic E-state index is 12.2. The van der Waals surface area contributed by atoms with Crippen molar-refractivity contribution >= 4 is 23.2 Å². The van der Waals surface area contributed by atoms with Crippen LogP contribution in [0.4, 0.5) is 11.4 Å². The van der Waals surface area contributed by atoms with E-state index in [1.54, 1.807) is 25.3 Å². The first-order valence-corrected chi connectivity index (χ1v) is 10.8. The van der Waals surface area contributed by atoms with E-state index in [1.165, 1.54) is 19.3 Å². The van der Waals surface area contributed by atoms with E-state index in [0.717, 1.165) is 12.2 Å². The fourth-order valence-electron chi connectivity index (χ4n) is 2.88. The summed E-state index contributed by atoms with van der Waals surface area (Å²) in [4.78, 5) is 24.3. The lowest BCUT2D eigenvalue weighted by Crippen LogP contribution is -2.27. The van der Waals surface area contributed by atoms with Crippen molar-refractivity contribution in [3.8, 4) is 5.75 Å². The van der Waals surface area contributed by atoms with Crippen molar-refractivity contribution in [2.75, 3.05) is 44.0 Å². The number of nitrogens with one attached hydrogen (secondary N) is 3. The second-order valence-electron chi connectivity index (χ2n) is 7.16. The zero-order valence-electron chi connectivity index (χ0n) is 18.4. The van der Waals surface area contributed by atoms with E-state index >= 15 is 0 Å². The van der Waals surface area contributed by atoms with E-state index in [0.29, 0.717) is 36.7 Å². The van der Waals surface area contributed by atoms with Crippen LogP contribution >= 0.6 is 0 Å². The number of hydrogen-bond acceptors (Lipinski definition) is 5. The first kappa shape index (κ1) is 24.2. The number of ether oxygens (including phenoxy) is 2. The Morgan fingerprint density at radius 2 is 1.74 bits per heavy atom. The van der Waals surface area contributed by atoms with Crippen molar-refractivity contribution in [3.63, 3.8) is 0 Å². The molecule has 0 aliphatic rings. The fourth-order valence-corrected chi connectivity index (χ4v) is 2.88. The molecule has 3 N–H and O–H groups in total. The van der Waals surface area contributed by atoms with Gasteiger partial charge in [-0.15, -0.1) is 0 Å². The van der Waals surface area contributed by atoms with E-state index in [-0.39, 0.29) is 18.4 Å². The lowest BCUT2D eigenvalue weighted by molar-refractivity contribution is -0.114. The maximum Gasteiger partial charge on any atom is 0.251 e. The van der Waals surface area contributed by atoms with Crippen molar-refractivity contribution in [2.45, 2.75) is 32.6 Å². The summed E-state index contributed by atoms with van der Waals surface area (Å²) in [5.74, 6) is 0.439. The molecular weight excluding hydrogens is 394 g/mol. The summed E-state index contributed by atoms with van der Waals surface area (Å²) >= 11 is 0. The topological polar surface area (TPSA) is 88.7 Å². The summed E-state index contributed by atoms with van der Waals surface area (Å²) in [5.41, 5.74) is 1.92. The van der Waals surface area contributed by atoms with Crippen LogP contribution in [0, 0.1) is 0 Å². The van der Waals surface area contributed by atoms with Crippen LogP contribution in [0.2, 0.25) is 0 Å². The van der Waals surface area contributed by atoms with Gasteiger partial charge in [-0.2, -0.15) is 0 Å². The molecule has 2 amide bonds. The number of methoxy groups -OCH3 is 1. The van der Waals surface area contributed by atoms with E-state index in [9.17, 15) is 9.59 Å². The van der Waals surface area contributed by atoms with Gasteiger partial charge in [0, 0.05) is 30.6 Å². The number of amides is 2. The zero-order valence-corrected chi connectivity index (χ0v) is 18.4. The van der Waals surface area contributed by atoms with Crippen LogP contribution in [0.1, 0.15) is 43.0 Å². The van der Waals surface area contributed by atoms with Gasteiger partial charge in [-0.05, 0) is 48.9 Å². The van der Waals surface area contributed by atoms with Gasteiger partial charge in [-0.3, -0.25) is 9.59 Å². The van der Waals surface area contributed by atoms with Crippen molar-refractivity contribution in [2.24, 2.45) is 0 Å². The highest BCUT2D eigenvalue weighted by Gasteiger charge is 2.07. The van der Waals surface area contributed by atoms with Gasteiger partial charge >= 0.3 is 0 Å². The molecule has 7 nitrogen and oxygen atoms in total. The summed E-state index contributed by atoms with van der Waals surface area (Å²) in [6.45, 7) is 3.88. The number of benzene rings is 2. The third-order valence-electron chi connectivity index (χ3n) is 4.57. The number of rotatable bonds is 14. The number of carbonyl (C=O) groups excluding carboxylic acids is 2. The number of carbonyl (C=O) groups is 2.